The summed E-state index contributed by atoms with van der Waals surface area (Å²) in [7, 11) is -2.36. The van der Waals surface area contributed by atoms with Gasteiger partial charge < -0.3 is 0 Å². The number of sulfonamides is 1. The van der Waals surface area contributed by atoms with E-state index in [1.165, 1.54) is 18.4 Å². The van der Waals surface area contributed by atoms with Gasteiger partial charge in [-0.3, -0.25) is 10.1 Å². The van der Waals surface area contributed by atoms with Crippen LogP contribution in [0.3, 0.4) is 0 Å². The van der Waals surface area contributed by atoms with E-state index in [1.807, 2.05) is 17.5 Å². The Labute approximate surface area is 128 Å². The molecule has 0 radical (unpaired) electrons. The maximum atomic E-state index is 12.3. The number of hydrogen-bond donors (Lipinski definition) is 0. The predicted octanol–water partition coefficient (Wildman–Crippen LogP) is 3.19. The van der Waals surface area contributed by atoms with Crippen LogP contribution in [0.2, 0.25) is 4.34 Å². The molecule has 0 unspecified atom stereocenters. The second kappa shape index (κ2) is 5.78. The van der Waals surface area contributed by atoms with E-state index in [9.17, 15) is 18.5 Å². The molecule has 2 aromatic rings. The molecule has 0 N–H and O–H groups in total. The van der Waals surface area contributed by atoms with Crippen LogP contribution in [0.4, 0.5) is 5.69 Å². The largest absolute Gasteiger partial charge is 0.300 e. The second-order valence-electron chi connectivity index (χ2n) is 3.82. The first-order valence-electron chi connectivity index (χ1n) is 5.25. The molecule has 2 heterocycles. The molecule has 0 saturated carbocycles. The molecule has 108 valence electrons. The molecule has 0 spiro atoms. The number of rotatable bonds is 5. The third-order valence-corrected chi connectivity index (χ3v) is 6.92. The molecular formula is C10H9ClN2O4S3. The normalized spacial score (nSPS) is 11.9. The average Bonchev–Trinajstić information content (AvgIpc) is 2.98. The smallest absolute Gasteiger partial charge is 0.258 e. The van der Waals surface area contributed by atoms with Gasteiger partial charge in [0.1, 0.15) is 4.21 Å². The Balaban J connectivity index is 2.30. The van der Waals surface area contributed by atoms with E-state index < -0.39 is 14.9 Å². The Bertz CT molecular complexity index is 724. The van der Waals surface area contributed by atoms with Gasteiger partial charge in [-0.05, 0) is 11.4 Å². The fraction of sp³-hybridized carbons (Fsp3) is 0.200. The summed E-state index contributed by atoms with van der Waals surface area (Å²) in [5, 5.41) is 12.6. The van der Waals surface area contributed by atoms with E-state index in [4.69, 9.17) is 11.6 Å². The van der Waals surface area contributed by atoms with Crippen LogP contribution in [0.15, 0.2) is 27.8 Å². The number of nitro groups is 1. The number of halogens is 1. The second-order valence-corrected chi connectivity index (χ2v) is 8.78. The maximum Gasteiger partial charge on any atom is 0.300 e. The summed E-state index contributed by atoms with van der Waals surface area (Å²) in [6.45, 7) is 0.212. The molecule has 0 fully saturated rings. The topological polar surface area (TPSA) is 80.5 Å². The van der Waals surface area contributed by atoms with Crippen LogP contribution in [0, 0.1) is 10.1 Å². The molecule has 0 saturated heterocycles. The Hall–Kier alpha value is -1.00. The van der Waals surface area contributed by atoms with E-state index in [2.05, 4.69) is 0 Å². The zero-order valence-electron chi connectivity index (χ0n) is 10.1. The molecule has 0 bridgehead atoms. The zero-order valence-corrected chi connectivity index (χ0v) is 13.4. The Morgan fingerprint density at radius 3 is 2.70 bits per heavy atom. The summed E-state index contributed by atoms with van der Waals surface area (Å²) in [5.41, 5.74) is -0.389. The minimum absolute atomic E-state index is 0.131. The van der Waals surface area contributed by atoms with Gasteiger partial charge in [-0.1, -0.05) is 17.7 Å². The highest BCUT2D eigenvalue weighted by Gasteiger charge is 2.28. The van der Waals surface area contributed by atoms with Crippen LogP contribution in [0.25, 0.3) is 0 Å². The fourth-order valence-corrected chi connectivity index (χ4v) is 5.31. The van der Waals surface area contributed by atoms with Crippen molar-refractivity contribution in [3.8, 4) is 0 Å². The van der Waals surface area contributed by atoms with Crippen molar-refractivity contribution in [1.82, 2.24) is 4.31 Å². The van der Waals surface area contributed by atoms with E-state index >= 15 is 0 Å². The maximum absolute atomic E-state index is 12.3. The van der Waals surface area contributed by atoms with Crippen LogP contribution in [0.5, 0.6) is 0 Å². The number of nitrogens with zero attached hydrogens (tertiary/aromatic N) is 2. The van der Waals surface area contributed by atoms with Crippen molar-refractivity contribution in [1.29, 1.82) is 0 Å². The van der Waals surface area contributed by atoms with Crippen LogP contribution in [0.1, 0.15) is 4.88 Å². The molecule has 10 heteroatoms. The lowest BCUT2D eigenvalue weighted by atomic mass is 10.5. The Morgan fingerprint density at radius 2 is 2.20 bits per heavy atom. The summed E-state index contributed by atoms with van der Waals surface area (Å²) in [5.74, 6) is 0. The molecule has 0 amide bonds. The van der Waals surface area contributed by atoms with E-state index in [1.54, 1.807) is 0 Å². The van der Waals surface area contributed by atoms with Gasteiger partial charge in [-0.2, -0.15) is 4.31 Å². The van der Waals surface area contributed by atoms with Crippen molar-refractivity contribution in [2.45, 2.75) is 10.8 Å². The molecule has 0 aliphatic rings. The highest BCUT2D eigenvalue weighted by molar-refractivity contribution is 7.91. The van der Waals surface area contributed by atoms with Crippen LogP contribution < -0.4 is 0 Å². The Morgan fingerprint density at radius 1 is 1.50 bits per heavy atom. The third-order valence-electron chi connectivity index (χ3n) is 2.47. The zero-order chi connectivity index (χ0) is 14.9. The predicted molar refractivity (Wildman–Crippen MR) is 79.0 cm³/mol. The van der Waals surface area contributed by atoms with E-state index in [0.29, 0.717) is 11.3 Å². The molecule has 0 aliphatic carbocycles. The molecule has 2 aromatic heterocycles. The SMILES string of the molecule is CN(Cc1cccs1)S(=O)(=O)c1cc([N+](=O)[O-])c(Cl)s1. The molecular weight excluding hydrogens is 344 g/mol. The van der Waals surface area contributed by atoms with Crippen LogP contribution in [-0.2, 0) is 16.6 Å². The van der Waals surface area contributed by atoms with Gasteiger partial charge in [0, 0.05) is 24.5 Å². The Kier molecular flexibility index (Phi) is 4.45. The lowest BCUT2D eigenvalue weighted by Crippen LogP contribution is -2.25. The van der Waals surface area contributed by atoms with Gasteiger partial charge in [-0.15, -0.1) is 22.7 Å². The van der Waals surface area contributed by atoms with Crippen molar-refractivity contribution < 1.29 is 13.3 Å². The molecule has 0 aromatic carbocycles. The monoisotopic (exact) mass is 352 g/mol. The van der Waals surface area contributed by atoms with Crippen molar-refractivity contribution in [3.05, 3.63) is 42.9 Å². The number of hydrogen-bond acceptors (Lipinski definition) is 6. The van der Waals surface area contributed by atoms with Gasteiger partial charge in [0.05, 0.1) is 4.92 Å². The van der Waals surface area contributed by atoms with Gasteiger partial charge >= 0.3 is 0 Å². The number of thiophene rings is 2. The minimum Gasteiger partial charge on any atom is -0.258 e. The summed E-state index contributed by atoms with van der Waals surface area (Å²) >= 11 is 7.82. The molecule has 0 atom stereocenters. The van der Waals surface area contributed by atoms with Gasteiger partial charge in [0.25, 0.3) is 15.7 Å². The van der Waals surface area contributed by atoms with Crippen LogP contribution in [-0.4, -0.2) is 24.7 Å². The lowest BCUT2D eigenvalue weighted by molar-refractivity contribution is -0.384. The minimum atomic E-state index is -3.78. The first-order chi connectivity index (χ1) is 9.32. The molecule has 20 heavy (non-hydrogen) atoms. The van der Waals surface area contributed by atoms with Gasteiger partial charge in [0.15, 0.2) is 4.34 Å². The first-order valence-corrected chi connectivity index (χ1v) is 8.76. The molecule has 0 aliphatic heterocycles. The summed E-state index contributed by atoms with van der Waals surface area (Å²) in [6.07, 6.45) is 0. The van der Waals surface area contributed by atoms with Crippen molar-refractivity contribution in [3.63, 3.8) is 0 Å². The van der Waals surface area contributed by atoms with E-state index in [0.717, 1.165) is 15.2 Å². The highest BCUT2D eigenvalue weighted by Crippen LogP contribution is 2.37. The van der Waals surface area contributed by atoms with Crippen molar-refractivity contribution >= 4 is 50.0 Å². The highest BCUT2D eigenvalue weighted by atomic mass is 35.5. The molecule has 6 nitrogen and oxygen atoms in total. The standard InChI is InChI=1S/C10H9ClN2O4S3/c1-12(6-7-3-2-4-18-7)20(16,17)9-5-8(13(14)15)10(11)19-9/h2-5H,6H2,1H3. The lowest BCUT2D eigenvalue weighted by Gasteiger charge is -2.14. The quantitative estimate of drug-likeness (QED) is 0.611. The summed E-state index contributed by atoms with van der Waals surface area (Å²) in [6, 6.07) is 4.64. The van der Waals surface area contributed by atoms with Crippen LogP contribution >= 0.6 is 34.3 Å². The summed E-state index contributed by atoms with van der Waals surface area (Å²) in [4.78, 5) is 10.9. The van der Waals surface area contributed by atoms with Crippen molar-refractivity contribution in [2.75, 3.05) is 7.05 Å². The van der Waals surface area contributed by atoms with Crippen molar-refractivity contribution in [2.24, 2.45) is 0 Å². The molecule has 2 rings (SSSR count). The first kappa shape index (κ1) is 15.4. The fourth-order valence-electron chi connectivity index (χ4n) is 1.45. The summed E-state index contributed by atoms with van der Waals surface area (Å²) < 4.78 is 25.5. The van der Waals surface area contributed by atoms with E-state index in [-0.39, 0.29) is 20.8 Å². The average molecular weight is 353 g/mol. The van der Waals surface area contributed by atoms with Gasteiger partial charge in [0.2, 0.25) is 0 Å². The third kappa shape index (κ3) is 3.01. The van der Waals surface area contributed by atoms with Gasteiger partial charge in [-0.25, -0.2) is 8.42 Å².